The van der Waals surface area contributed by atoms with Crippen LogP contribution in [0.4, 0.5) is 4.79 Å². The van der Waals surface area contributed by atoms with Gasteiger partial charge in [-0.2, -0.15) is 0 Å². The van der Waals surface area contributed by atoms with Crippen LogP contribution in [0, 0.1) is 5.41 Å². The molecule has 4 nitrogen and oxygen atoms in total. The van der Waals surface area contributed by atoms with Crippen molar-refractivity contribution in [2.45, 2.75) is 20.8 Å². The Kier molecular flexibility index (Phi) is 5.74. The van der Waals surface area contributed by atoms with E-state index in [-0.39, 0.29) is 0 Å². The minimum absolute atomic E-state index is 0.457. The van der Waals surface area contributed by atoms with Crippen LogP contribution in [0.25, 0.3) is 0 Å². The van der Waals surface area contributed by atoms with E-state index in [1.165, 1.54) is 6.54 Å². The summed E-state index contributed by atoms with van der Waals surface area (Å²) < 4.78 is 1.06. The van der Waals surface area contributed by atoms with Crippen LogP contribution >= 0.6 is 0 Å². The average molecular weight is 191 g/mol. The molecular weight excluding hydrogens is 170 g/mol. The third-order valence-electron chi connectivity index (χ3n) is 0.949. The Hall–Kier alpha value is -0.770. The molecule has 0 aliphatic carbocycles. The molecule has 0 aliphatic rings. The molecule has 0 fully saturated rings. The van der Waals surface area contributed by atoms with Gasteiger partial charge in [0, 0.05) is 5.41 Å². The second-order valence-electron chi connectivity index (χ2n) is 5.28. The zero-order chi connectivity index (χ0) is 11.3. The third-order valence-corrected chi connectivity index (χ3v) is 0.949. The number of hydrogen-bond acceptors (Lipinski definition) is 2. The maximum atomic E-state index is 8.44. The Morgan fingerprint density at radius 2 is 1.54 bits per heavy atom. The minimum Gasteiger partial charge on any atom is -0.565 e. The van der Waals surface area contributed by atoms with Crippen molar-refractivity contribution in [1.29, 1.82) is 0 Å². The number of carboxylic acid groups (broad SMARTS) is 2. The Bertz CT molecular complexity index is 137. The molecule has 0 aromatic heterocycles. The molecule has 80 valence electrons. The van der Waals surface area contributed by atoms with Gasteiger partial charge in [-0.25, -0.2) is 0 Å². The first kappa shape index (κ1) is 14.7. The van der Waals surface area contributed by atoms with Gasteiger partial charge in [-0.05, 0) is 0 Å². The van der Waals surface area contributed by atoms with E-state index in [0.717, 1.165) is 4.48 Å². The molecular formula is C9H21NO3. The standard InChI is InChI=1S/C8H20N.CH2O3/c1-8(2,3)7-9(4,5)6;2-1(3)4/h7H2,1-6H3;(H2,2,3,4)/q+1;/p-1. The molecule has 0 radical (unpaired) electrons. The van der Waals surface area contributed by atoms with Crippen molar-refractivity contribution in [2.24, 2.45) is 5.41 Å². The first-order valence-electron chi connectivity index (χ1n) is 4.14. The quantitative estimate of drug-likeness (QED) is 0.618. The molecule has 13 heavy (non-hydrogen) atoms. The lowest BCUT2D eigenvalue weighted by Crippen LogP contribution is -2.41. The van der Waals surface area contributed by atoms with Crippen molar-refractivity contribution in [3.8, 4) is 0 Å². The Labute approximate surface area is 80.4 Å². The lowest BCUT2D eigenvalue weighted by atomic mass is 9.96. The lowest BCUT2D eigenvalue weighted by Gasteiger charge is -2.31. The molecule has 0 unspecified atom stereocenters. The van der Waals surface area contributed by atoms with Crippen LogP contribution in [0.15, 0.2) is 0 Å². The predicted octanol–water partition coefficient (Wildman–Crippen LogP) is 0.626. The van der Waals surface area contributed by atoms with Gasteiger partial charge in [0.05, 0.1) is 27.7 Å². The average Bonchev–Trinajstić information content (AvgIpc) is 1.47. The maximum absolute atomic E-state index is 8.44. The maximum Gasteiger partial charge on any atom is 0.249 e. The van der Waals surface area contributed by atoms with Crippen LogP contribution in [0.1, 0.15) is 20.8 Å². The third kappa shape index (κ3) is 35.0. The van der Waals surface area contributed by atoms with Gasteiger partial charge < -0.3 is 19.5 Å². The molecule has 0 amide bonds. The normalized spacial score (nSPS) is 11.5. The van der Waals surface area contributed by atoms with Gasteiger partial charge >= 0.3 is 0 Å². The van der Waals surface area contributed by atoms with E-state index < -0.39 is 6.16 Å². The number of hydrogen-bond donors (Lipinski definition) is 1. The van der Waals surface area contributed by atoms with E-state index in [2.05, 4.69) is 41.9 Å². The second-order valence-corrected chi connectivity index (χ2v) is 5.28. The highest BCUT2D eigenvalue weighted by atomic mass is 16.6. The molecule has 0 rings (SSSR count). The molecule has 0 bridgehead atoms. The summed E-state index contributed by atoms with van der Waals surface area (Å²) in [5.41, 5.74) is 0.457. The smallest absolute Gasteiger partial charge is 0.249 e. The highest BCUT2D eigenvalue weighted by Crippen LogP contribution is 2.15. The van der Waals surface area contributed by atoms with Crippen molar-refractivity contribution >= 4 is 6.16 Å². The minimum atomic E-state index is -2.08. The second kappa shape index (κ2) is 5.07. The summed E-state index contributed by atoms with van der Waals surface area (Å²) in [6.07, 6.45) is -2.08. The predicted molar refractivity (Wildman–Crippen MR) is 50.4 cm³/mol. The molecule has 0 aliphatic heterocycles. The largest absolute Gasteiger partial charge is 0.565 e. The fourth-order valence-corrected chi connectivity index (χ4v) is 1.42. The van der Waals surface area contributed by atoms with Gasteiger partial charge in [0.25, 0.3) is 0 Å². The zero-order valence-electron chi connectivity index (χ0n) is 9.42. The van der Waals surface area contributed by atoms with Gasteiger partial charge in [-0.15, -0.1) is 0 Å². The Morgan fingerprint density at radius 3 is 1.54 bits per heavy atom. The molecule has 0 saturated carbocycles. The van der Waals surface area contributed by atoms with Crippen LogP contribution in [-0.4, -0.2) is 43.4 Å². The highest BCUT2D eigenvalue weighted by Gasteiger charge is 2.19. The summed E-state index contributed by atoms with van der Waals surface area (Å²) >= 11 is 0. The van der Waals surface area contributed by atoms with Gasteiger partial charge in [0.15, 0.2) is 0 Å². The van der Waals surface area contributed by atoms with Crippen LogP contribution in [0.3, 0.4) is 0 Å². The van der Waals surface area contributed by atoms with Gasteiger partial charge in [0.1, 0.15) is 0 Å². The summed E-state index contributed by atoms with van der Waals surface area (Å²) in [7, 11) is 6.68. The monoisotopic (exact) mass is 191 g/mol. The van der Waals surface area contributed by atoms with Crippen LogP contribution in [0.5, 0.6) is 0 Å². The SMILES string of the molecule is CC(C)(C)C[N+](C)(C)C.O=C([O-])O. The molecule has 0 spiro atoms. The van der Waals surface area contributed by atoms with E-state index >= 15 is 0 Å². The molecule has 0 atom stereocenters. The number of nitrogens with zero attached hydrogens (tertiary/aromatic N) is 1. The summed E-state index contributed by atoms with van der Waals surface area (Å²) in [4.78, 5) is 8.44. The molecule has 0 saturated heterocycles. The van der Waals surface area contributed by atoms with Gasteiger partial charge in [-0.3, -0.25) is 0 Å². The molecule has 0 aromatic rings. The lowest BCUT2D eigenvalue weighted by molar-refractivity contribution is -0.876. The van der Waals surface area contributed by atoms with E-state index in [9.17, 15) is 0 Å². The van der Waals surface area contributed by atoms with Crippen molar-refractivity contribution in [3.05, 3.63) is 0 Å². The molecule has 0 heterocycles. The van der Waals surface area contributed by atoms with Crippen molar-refractivity contribution < 1.29 is 19.5 Å². The summed E-state index contributed by atoms with van der Waals surface area (Å²) in [5.74, 6) is 0. The molecule has 4 heteroatoms. The van der Waals surface area contributed by atoms with Crippen LogP contribution in [0.2, 0.25) is 0 Å². The fraction of sp³-hybridized carbons (Fsp3) is 0.889. The molecule has 0 aromatic carbocycles. The first-order chi connectivity index (χ1) is 5.44. The highest BCUT2D eigenvalue weighted by molar-refractivity contribution is 5.50. The fourth-order valence-electron chi connectivity index (χ4n) is 1.42. The Morgan fingerprint density at radius 1 is 1.31 bits per heavy atom. The van der Waals surface area contributed by atoms with Gasteiger partial charge in [0.2, 0.25) is 6.16 Å². The van der Waals surface area contributed by atoms with Crippen LogP contribution in [-0.2, 0) is 0 Å². The van der Waals surface area contributed by atoms with Gasteiger partial charge in [-0.1, -0.05) is 20.8 Å². The number of quaternary nitrogens is 1. The zero-order valence-corrected chi connectivity index (χ0v) is 9.42. The van der Waals surface area contributed by atoms with Crippen molar-refractivity contribution in [3.63, 3.8) is 0 Å². The number of carbonyl (C=O) groups is 1. The summed E-state index contributed by atoms with van der Waals surface area (Å²) in [5, 5.41) is 15.3. The van der Waals surface area contributed by atoms with Crippen molar-refractivity contribution in [1.82, 2.24) is 0 Å². The van der Waals surface area contributed by atoms with Crippen LogP contribution < -0.4 is 5.11 Å². The summed E-state index contributed by atoms with van der Waals surface area (Å²) in [6.45, 7) is 8.05. The number of rotatable bonds is 1. The van der Waals surface area contributed by atoms with E-state index in [0.29, 0.717) is 5.41 Å². The summed E-state index contributed by atoms with van der Waals surface area (Å²) in [6, 6.07) is 0. The molecule has 1 N–H and O–H groups in total. The Balaban J connectivity index is 0. The van der Waals surface area contributed by atoms with E-state index in [4.69, 9.17) is 15.0 Å². The van der Waals surface area contributed by atoms with E-state index in [1.807, 2.05) is 0 Å². The van der Waals surface area contributed by atoms with Crippen molar-refractivity contribution in [2.75, 3.05) is 27.7 Å². The topological polar surface area (TPSA) is 60.4 Å². The first-order valence-corrected chi connectivity index (χ1v) is 4.14. The van der Waals surface area contributed by atoms with E-state index in [1.54, 1.807) is 0 Å².